The molecular formula is C15H21N3O3. The summed E-state index contributed by atoms with van der Waals surface area (Å²) in [6, 6.07) is 7.67. The third kappa shape index (κ3) is 4.03. The van der Waals surface area contributed by atoms with Crippen LogP contribution in [0.1, 0.15) is 19.5 Å². The zero-order chi connectivity index (χ0) is 15.2. The van der Waals surface area contributed by atoms with Crippen LogP contribution in [0.2, 0.25) is 0 Å². The van der Waals surface area contributed by atoms with Gasteiger partial charge in [0.15, 0.2) is 6.79 Å². The number of hydrogen-bond donors (Lipinski definition) is 0. The standard InChI is InChI=1S/C15H21N3O3/c1-11(2)20-9-14-15(16-17-18(14)3)12-5-7-13(8-6-12)21-10-19-4/h5-8,11H,9-10H2,1-4H3. The molecule has 0 fully saturated rings. The molecule has 1 heterocycles. The van der Waals surface area contributed by atoms with Crippen molar-refractivity contribution >= 4 is 0 Å². The van der Waals surface area contributed by atoms with Crippen LogP contribution >= 0.6 is 0 Å². The van der Waals surface area contributed by atoms with Crippen molar-refractivity contribution in [3.05, 3.63) is 30.0 Å². The first-order valence-electron chi connectivity index (χ1n) is 6.84. The molecule has 2 rings (SSSR count). The third-order valence-corrected chi connectivity index (χ3v) is 2.97. The highest BCUT2D eigenvalue weighted by Gasteiger charge is 2.13. The molecule has 2 aromatic rings. The van der Waals surface area contributed by atoms with Crippen molar-refractivity contribution in [3.8, 4) is 17.0 Å². The molecule has 6 heteroatoms. The van der Waals surface area contributed by atoms with Crippen molar-refractivity contribution in [1.82, 2.24) is 15.0 Å². The molecule has 0 spiro atoms. The van der Waals surface area contributed by atoms with Crippen molar-refractivity contribution in [3.63, 3.8) is 0 Å². The summed E-state index contributed by atoms with van der Waals surface area (Å²) in [5.74, 6) is 0.754. The van der Waals surface area contributed by atoms with Crippen LogP contribution in [0, 0.1) is 0 Å². The minimum absolute atomic E-state index is 0.164. The Hall–Kier alpha value is -1.92. The lowest BCUT2D eigenvalue weighted by molar-refractivity contribution is 0.0511. The highest BCUT2D eigenvalue weighted by Crippen LogP contribution is 2.24. The third-order valence-electron chi connectivity index (χ3n) is 2.97. The van der Waals surface area contributed by atoms with Crippen molar-refractivity contribution in [2.45, 2.75) is 26.6 Å². The van der Waals surface area contributed by atoms with Gasteiger partial charge in [-0.05, 0) is 38.1 Å². The summed E-state index contributed by atoms with van der Waals surface area (Å²) in [5.41, 5.74) is 2.76. The van der Waals surface area contributed by atoms with E-state index in [1.807, 2.05) is 45.2 Å². The minimum atomic E-state index is 0.164. The second-order valence-electron chi connectivity index (χ2n) is 4.94. The Morgan fingerprint density at radius 3 is 2.52 bits per heavy atom. The predicted octanol–water partition coefficient (Wildman–Crippen LogP) is 2.39. The fourth-order valence-corrected chi connectivity index (χ4v) is 1.84. The Morgan fingerprint density at radius 1 is 1.19 bits per heavy atom. The first-order valence-corrected chi connectivity index (χ1v) is 6.84. The fraction of sp³-hybridized carbons (Fsp3) is 0.467. The van der Waals surface area contributed by atoms with E-state index in [1.54, 1.807) is 11.8 Å². The van der Waals surface area contributed by atoms with Gasteiger partial charge in [-0.3, -0.25) is 0 Å². The van der Waals surface area contributed by atoms with Gasteiger partial charge in [0.25, 0.3) is 0 Å². The molecule has 0 aliphatic carbocycles. The quantitative estimate of drug-likeness (QED) is 0.733. The van der Waals surface area contributed by atoms with E-state index in [-0.39, 0.29) is 12.9 Å². The molecule has 0 aliphatic rings. The van der Waals surface area contributed by atoms with E-state index >= 15 is 0 Å². The predicted molar refractivity (Wildman–Crippen MR) is 78.9 cm³/mol. The molecule has 0 N–H and O–H groups in total. The number of nitrogens with zero attached hydrogens (tertiary/aromatic N) is 3. The van der Waals surface area contributed by atoms with Gasteiger partial charge in [0, 0.05) is 19.7 Å². The van der Waals surface area contributed by atoms with E-state index in [2.05, 4.69) is 10.3 Å². The van der Waals surface area contributed by atoms with Crippen LogP contribution in [0.5, 0.6) is 5.75 Å². The number of ether oxygens (including phenoxy) is 3. The summed E-state index contributed by atoms with van der Waals surface area (Å²) in [4.78, 5) is 0. The van der Waals surface area contributed by atoms with Gasteiger partial charge < -0.3 is 14.2 Å². The monoisotopic (exact) mass is 291 g/mol. The van der Waals surface area contributed by atoms with Crippen molar-refractivity contribution < 1.29 is 14.2 Å². The topological polar surface area (TPSA) is 58.4 Å². The Balaban J connectivity index is 2.17. The highest BCUT2D eigenvalue weighted by atomic mass is 16.7. The molecule has 0 atom stereocenters. The largest absolute Gasteiger partial charge is 0.468 e. The lowest BCUT2D eigenvalue weighted by Crippen LogP contribution is -2.07. The Kier molecular flexibility index (Phi) is 5.30. The zero-order valence-corrected chi connectivity index (χ0v) is 12.9. The number of rotatable bonds is 7. The molecule has 0 amide bonds. The summed E-state index contributed by atoms with van der Waals surface area (Å²) in [5, 5.41) is 8.30. The molecule has 0 aliphatic heterocycles. The Bertz CT molecular complexity index is 564. The molecule has 0 bridgehead atoms. The number of methoxy groups -OCH3 is 1. The summed E-state index contributed by atoms with van der Waals surface area (Å²) in [6.45, 7) is 4.73. The summed E-state index contributed by atoms with van der Waals surface area (Å²) in [7, 11) is 3.46. The molecule has 1 aromatic heterocycles. The van der Waals surface area contributed by atoms with Crippen LogP contribution in [-0.4, -0.2) is 35.0 Å². The lowest BCUT2D eigenvalue weighted by atomic mass is 10.1. The van der Waals surface area contributed by atoms with E-state index in [1.165, 1.54) is 0 Å². The van der Waals surface area contributed by atoms with E-state index in [0.717, 1.165) is 22.7 Å². The van der Waals surface area contributed by atoms with Crippen LogP contribution in [0.4, 0.5) is 0 Å². The van der Waals surface area contributed by atoms with Crippen LogP contribution in [0.3, 0.4) is 0 Å². The number of aromatic nitrogens is 3. The maximum Gasteiger partial charge on any atom is 0.188 e. The molecule has 0 saturated carbocycles. The van der Waals surface area contributed by atoms with Gasteiger partial charge >= 0.3 is 0 Å². The maximum atomic E-state index is 5.66. The molecule has 0 radical (unpaired) electrons. The van der Waals surface area contributed by atoms with Gasteiger partial charge in [0.1, 0.15) is 11.4 Å². The van der Waals surface area contributed by atoms with Crippen molar-refractivity contribution in [2.75, 3.05) is 13.9 Å². The number of benzene rings is 1. The van der Waals surface area contributed by atoms with E-state index in [4.69, 9.17) is 14.2 Å². The van der Waals surface area contributed by atoms with Gasteiger partial charge in [0.05, 0.1) is 18.4 Å². The zero-order valence-electron chi connectivity index (χ0n) is 12.9. The Labute approximate surface area is 124 Å². The summed E-state index contributed by atoms with van der Waals surface area (Å²) < 4.78 is 17.7. The number of hydrogen-bond acceptors (Lipinski definition) is 5. The maximum absolute atomic E-state index is 5.66. The lowest BCUT2D eigenvalue weighted by Gasteiger charge is -2.09. The van der Waals surface area contributed by atoms with Crippen LogP contribution in [-0.2, 0) is 23.1 Å². The van der Waals surface area contributed by atoms with Gasteiger partial charge in [-0.1, -0.05) is 5.21 Å². The van der Waals surface area contributed by atoms with Gasteiger partial charge in [-0.2, -0.15) is 0 Å². The van der Waals surface area contributed by atoms with E-state index in [0.29, 0.717) is 6.61 Å². The summed E-state index contributed by atoms with van der Waals surface area (Å²) in [6.07, 6.45) is 0.164. The average molecular weight is 291 g/mol. The molecule has 6 nitrogen and oxygen atoms in total. The summed E-state index contributed by atoms with van der Waals surface area (Å²) >= 11 is 0. The highest BCUT2D eigenvalue weighted by molar-refractivity contribution is 5.62. The molecule has 1 aromatic carbocycles. The molecule has 0 unspecified atom stereocenters. The SMILES string of the molecule is COCOc1ccc(-c2nnn(C)c2COC(C)C)cc1. The van der Waals surface area contributed by atoms with Gasteiger partial charge in [-0.15, -0.1) is 5.10 Å². The average Bonchev–Trinajstić information content (AvgIpc) is 2.84. The first-order chi connectivity index (χ1) is 10.1. The smallest absolute Gasteiger partial charge is 0.188 e. The van der Waals surface area contributed by atoms with Crippen LogP contribution < -0.4 is 4.74 Å². The minimum Gasteiger partial charge on any atom is -0.468 e. The van der Waals surface area contributed by atoms with Gasteiger partial charge in [-0.25, -0.2) is 4.68 Å². The molecular weight excluding hydrogens is 270 g/mol. The normalized spacial score (nSPS) is 11.1. The second-order valence-corrected chi connectivity index (χ2v) is 4.94. The second kappa shape index (κ2) is 7.19. The Morgan fingerprint density at radius 2 is 1.90 bits per heavy atom. The van der Waals surface area contributed by atoms with Crippen molar-refractivity contribution in [2.24, 2.45) is 7.05 Å². The van der Waals surface area contributed by atoms with Crippen LogP contribution in [0.25, 0.3) is 11.3 Å². The van der Waals surface area contributed by atoms with Crippen molar-refractivity contribution in [1.29, 1.82) is 0 Å². The fourth-order valence-electron chi connectivity index (χ4n) is 1.84. The molecule has 0 saturated heterocycles. The molecule has 114 valence electrons. The van der Waals surface area contributed by atoms with E-state index in [9.17, 15) is 0 Å². The van der Waals surface area contributed by atoms with Crippen LogP contribution in [0.15, 0.2) is 24.3 Å². The number of aryl methyl sites for hydroxylation is 1. The first kappa shape index (κ1) is 15.5. The van der Waals surface area contributed by atoms with E-state index < -0.39 is 0 Å². The van der Waals surface area contributed by atoms with Gasteiger partial charge in [0.2, 0.25) is 0 Å². The molecule has 21 heavy (non-hydrogen) atoms.